The van der Waals surface area contributed by atoms with Gasteiger partial charge in [0.25, 0.3) is 0 Å². The molecule has 0 atom stereocenters. The Balaban J connectivity index is 2.48. The maximum atomic E-state index is 5.98. The standard InChI is InChI=1S/C16H21N3O/c1-9-6-10(2)11(3)15(7-9)20-16-14(8-17)12(4)13(5)18-19-16/h6-7H,8,17H2,1-5H3. The van der Waals surface area contributed by atoms with Gasteiger partial charge in [-0.1, -0.05) is 6.07 Å². The second-order valence-corrected chi connectivity index (χ2v) is 5.21. The van der Waals surface area contributed by atoms with Gasteiger partial charge in [0.05, 0.1) is 5.69 Å². The van der Waals surface area contributed by atoms with Crippen molar-refractivity contribution >= 4 is 0 Å². The number of rotatable bonds is 3. The maximum absolute atomic E-state index is 5.98. The lowest BCUT2D eigenvalue weighted by molar-refractivity contribution is 0.442. The van der Waals surface area contributed by atoms with Crippen LogP contribution in [0.5, 0.6) is 11.6 Å². The largest absolute Gasteiger partial charge is 0.437 e. The predicted molar refractivity (Wildman–Crippen MR) is 80.1 cm³/mol. The minimum Gasteiger partial charge on any atom is -0.437 e. The van der Waals surface area contributed by atoms with Crippen LogP contribution in [0.2, 0.25) is 0 Å². The third-order valence-electron chi connectivity index (χ3n) is 3.72. The molecule has 4 nitrogen and oxygen atoms in total. The Kier molecular flexibility index (Phi) is 4.04. The van der Waals surface area contributed by atoms with E-state index in [0.717, 1.165) is 33.7 Å². The number of hydrogen-bond donors (Lipinski definition) is 1. The highest BCUT2D eigenvalue weighted by molar-refractivity contribution is 5.45. The zero-order valence-corrected chi connectivity index (χ0v) is 12.7. The van der Waals surface area contributed by atoms with E-state index in [1.165, 1.54) is 5.56 Å². The van der Waals surface area contributed by atoms with Gasteiger partial charge in [0.2, 0.25) is 5.88 Å². The van der Waals surface area contributed by atoms with Crippen molar-refractivity contribution < 1.29 is 4.74 Å². The average Bonchev–Trinajstić information content (AvgIpc) is 2.40. The molecule has 2 rings (SSSR count). The van der Waals surface area contributed by atoms with Crippen LogP contribution >= 0.6 is 0 Å². The minimum absolute atomic E-state index is 0.390. The molecular weight excluding hydrogens is 250 g/mol. The Labute approximate surface area is 120 Å². The van der Waals surface area contributed by atoms with Gasteiger partial charge >= 0.3 is 0 Å². The van der Waals surface area contributed by atoms with E-state index in [1.54, 1.807) is 0 Å². The van der Waals surface area contributed by atoms with Crippen LogP contribution in [0.4, 0.5) is 0 Å². The van der Waals surface area contributed by atoms with Gasteiger partial charge in [-0.2, -0.15) is 5.10 Å². The fourth-order valence-electron chi connectivity index (χ4n) is 2.17. The lowest BCUT2D eigenvalue weighted by atomic mass is 10.1. The number of nitrogens with zero attached hydrogens (tertiary/aromatic N) is 2. The zero-order valence-electron chi connectivity index (χ0n) is 12.7. The van der Waals surface area contributed by atoms with E-state index in [1.807, 2.05) is 26.8 Å². The topological polar surface area (TPSA) is 61.0 Å². The van der Waals surface area contributed by atoms with E-state index in [0.29, 0.717) is 12.4 Å². The molecule has 0 radical (unpaired) electrons. The van der Waals surface area contributed by atoms with Crippen LogP contribution in [0.3, 0.4) is 0 Å². The Morgan fingerprint density at radius 1 is 1.00 bits per heavy atom. The first-order chi connectivity index (χ1) is 9.43. The smallest absolute Gasteiger partial charge is 0.243 e. The number of aromatic nitrogens is 2. The van der Waals surface area contributed by atoms with Gasteiger partial charge in [0.1, 0.15) is 5.75 Å². The molecule has 0 fully saturated rings. The number of hydrogen-bond acceptors (Lipinski definition) is 4. The number of nitrogens with two attached hydrogens (primary N) is 1. The normalized spacial score (nSPS) is 10.7. The molecular formula is C16H21N3O. The molecule has 20 heavy (non-hydrogen) atoms. The molecule has 106 valence electrons. The number of aryl methyl sites for hydroxylation is 3. The second-order valence-electron chi connectivity index (χ2n) is 5.21. The maximum Gasteiger partial charge on any atom is 0.243 e. The molecule has 0 amide bonds. The van der Waals surface area contributed by atoms with Crippen LogP contribution in [0.15, 0.2) is 12.1 Å². The first-order valence-electron chi connectivity index (χ1n) is 6.72. The lowest BCUT2D eigenvalue weighted by Gasteiger charge is -2.15. The van der Waals surface area contributed by atoms with E-state index in [4.69, 9.17) is 10.5 Å². The van der Waals surface area contributed by atoms with E-state index < -0.39 is 0 Å². The zero-order chi connectivity index (χ0) is 14.9. The molecule has 0 aliphatic rings. The molecule has 2 aromatic rings. The molecule has 1 heterocycles. The molecule has 4 heteroatoms. The summed E-state index contributed by atoms with van der Waals surface area (Å²) in [5.41, 5.74) is 12.1. The van der Waals surface area contributed by atoms with Gasteiger partial charge in [0.15, 0.2) is 0 Å². The molecule has 0 aliphatic carbocycles. The van der Waals surface area contributed by atoms with Crippen LogP contribution < -0.4 is 10.5 Å². The molecule has 0 aliphatic heterocycles. The van der Waals surface area contributed by atoms with Gasteiger partial charge in [-0.15, -0.1) is 5.10 Å². The van der Waals surface area contributed by atoms with Gasteiger partial charge in [0, 0.05) is 12.1 Å². The Bertz CT molecular complexity index is 651. The van der Waals surface area contributed by atoms with Crippen LogP contribution in [-0.4, -0.2) is 10.2 Å². The van der Waals surface area contributed by atoms with Gasteiger partial charge in [-0.3, -0.25) is 0 Å². The van der Waals surface area contributed by atoms with Crippen molar-refractivity contribution in [2.75, 3.05) is 0 Å². The summed E-state index contributed by atoms with van der Waals surface area (Å²) in [6.07, 6.45) is 0. The van der Waals surface area contributed by atoms with Crippen molar-refractivity contribution in [1.82, 2.24) is 10.2 Å². The summed E-state index contributed by atoms with van der Waals surface area (Å²) in [6, 6.07) is 4.15. The van der Waals surface area contributed by atoms with E-state index in [2.05, 4.69) is 30.1 Å². The molecule has 1 aromatic heterocycles. The summed E-state index contributed by atoms with van der Waals surface area (Å²) in [5.74, 6) is 1.32. The molecule has 0 spiro atoms. The van der Waals surface area contributed by atoms with Crippen molar-refractivity contribution in [3.63, 3.8) is 0 Å². The van der Waals surface area contributed by atoms with E-state index >= 15 is 0 Å². The highest BCUT2D eigenvalue weighted by atomic mass is 16.5. The third kappa shape index (κ3) is 2.65. The van der Waals surface area contributed by atoms with Crippen LogP contribution in [-0.2, 0) is 6.54 Å². The first-order valence-corrected chi connectivity index (χ1v) is 6.72. The molecule has 0 saturated carbocycles. The van der Waals surface area contributed by atoms with Crippen LogP contribution in [0, 0.1) is 34.6 Å². The molecule has 0 unspecified atom stereocenters. The van der Waals surface area contributed by atoms with E-state index in [-0.39, 0.29) is 0 Å². The van der Waals surface area contributed by atoms with Gasteiger partial charge in [-0.25, -0.2) is 0 Å². The van der Waals surface area contributed by atoms with Gasteiger partial charge < -0.3 is 10.5 Å². The Hall–Kier alpha value is -1.94. The molecule has 0 saturated heterocycles. The summed E-state index contributed by atoms with van der Waals surface area (Å²) in [4.78, 5) is 0. The third-order valence-corrected chi connectivity index (χ3v) is 3.72. The quantitative estimate of drug-likeness (QED) is 0.930. The van der Waals surface area contributed by atoms with Crippen LogP contribution in [0.25, 0.3) is 0 Å². The van der Waals surface area contributed by atoms with Crippen molar-refractivity contribution in [3.8, 4) is 11.6 Å². The number of ether oxygens (including phenoxy) is 1. The summed E-state index contributed by atoms with van der Waals surface area (Å²) >= 11 is 0. The molecule has 0 bridgehead atoms. The highest BCUT2D eigenvalue weighted by Crippen LogP contribution is 2.30. The lowest BCUT2D eigenvalue weighted by Crippen LogP contribution is -2.08. The van der Waals surface area contributed by atoms with Crippen molar-refractivity contribution in [1.29, 1.82) is 0 Å². The summed E-state index contributed by atoms with van der Waals surface area (Å²) < 4.78 is 5.98. The van der Waals surface area contributed by atoms with Crippen molar-refractivity contribution in [2.24, 2.45) is 5.73 Å². The fraction of sp³-hybridized carbons (Fsp3) is 0.375. The Morgan fingerprint density at radius 3 is 2.35 bits per heavy atom. The highest BCUT2D eigenvalue weighted by Gasteiger charge is 2.13. The average molecular weight is 271 g/mol. The number of benzene rings is 1. The van der Waals surface area contributed by atoms with Crippen molar-refractivity contribution in [2.45, 2.75) is 41.2 Å². The van der Waals surface area contributed by atoms with Gasteiger partial charge in [-0.05, 0) is 62.9 Å². The van der Waals surface area contributed by atoms with E-state index in [9.17, 15) is 0 Å². The minimum atomic E-state index is 0.390. The summed E-state index contributed by atoms with van der Waals surface area (Å²) in [5, 5.41) is 8.28. The fourth-order valence-corrected chi connectivity index (χ4v) is 2.17. The van der Waals surface area contributed by atoms with Crippen molar-refractivity contribution in [3.05, 3.63) is 45.6 Å². The molecule has 1 aromatic carbocycles. The predicted octanol–water partition coefficient (Wildman–Crippen LogP) is 3.27. The monoisotopic (exact) mass is 271 g/mol. The van der Waals surface area contributed by atoms with Crippen LogP contribution in [0.1, 0.15) is 33.5 Å². The first kappa shape index (κ1) is 14.5. The Morgan fingerprint density at radius 2 is 1.70 bits per heavy atom. The second kappa shape index (κ2) is 5.59. The SMILES string of the molecule is Cc1cc(C)c(C)c(Oc2nnc(C)c(C)c2CN)c1. The molecule has 2 N–H and O–H groups in total. The summed E-state index contributed by atoms with van der Waals surface area (Å²) in [6.45, 7) is 10.5. The summed E-state index contributed by atoms with van der Waals surface area (Å²) in [7, 11) is 0.